The van der Waals surface area contributed by atoms with Gasteiger partial charge in [-0.25, -0.2) is 0 Å². The van der Waals surface area contributed by atoms with Crippen LogP contribution >= 0.6 is 8.86 Å². The first-order valence-corrected chi connectivity index (χ1v) is 4.91. The zero-order chi connectivity index (χ0) is 11.1. The van der Waals surface area contributed by atoms with E-state index in [9.17, 15) is 0 Å². The highest BCUT2D eigenvalue weighted by molar-refractivity contribution is 7.22. The van der Waals surface area contributed by atoms with E-state index in [-0.39, 0.29) is 0 Å². The van der Waals surface area contributed by atoms with Crippen LogP contribution < -0.4 is 0 Å². The lowest BCUT2D eigenvalue weighted by molar-refractivity contribution is 1.41. The zero-order valence-corrected chi connectivity index (χ0v) is 9.93. The Labute approximate surface area is 89.3 Å². The topological polar surface area (TPSA) is 0 Å². The van der Waals surface area contributed by atoms with Gasteiger partial charge < -0.3 is 0 Å². The van der Waals surface area contributed by atoms with Gasteiger partial charge in [0.15, 0.2) is 0 Å². The molecule has 0 aromatic carbocycles. The molecule has 1 heteroatoms. The fourth-order valence-corrected chi connectivity index (χ4v) is 1.36. The van der Waals surface area contributed by atoms with Gasteiger partial charge in [0.1, 0.15) is 0 Å². The Balaban J connectivity index is 5.05. The molecule has 0 fully saturated rings. The summed E-state index contributed by atoms with van der Waals surface area (Å²) in [4.78, 5) is 0. The summed E-state index contributed by atoms with van der Waals surface area (Å²) >= 11 is 0. The normalized spacial score (nSPS) is 12.1. The van der Waals surface area contributed by atoms with Gasteiger partial charge in [0, 0.05) is 0 Å². The molecule has 0 aliphatic heterocycles. The minimum atomic E-state index is 0.970. The van der Waals surface area contributed by atoms with E-state index in [0.717, 1.165) is 22.0 Å². The van der Waals surface area contributed by atoms with Crippen molar-refractivity contribution in [2.24, 2.45) is 0 Å². The lowest BCUT2D eigenvalue weighted by Crippen LogP contribution is -1.95. The van der Waals surface area contributed by atoms with Crippen LogP contribution in [0, 0.1) is 0 Å². The first-order chi connectivity index (χ1) is 6.54. The molecule has 0 unspecified atom stereocenters. The molecule has 0 heterocycles. The van der Waals surface area contributed by atoms with Gasteiger partial charge in [-0.3, -0.25) is 0 Å². The summed E-state index contributed by atoms with van der Waals surface area (Å²) in [5.74, 6) is 0. The van der Waals surface area contributed by atoms with Crippen LogP contribution in [0.25, 0.3) is 0 Å². The van der Waals surface area contributed by atoms with Crippen molar-refractivity contribution in [1.82, 2.24) is 0 Å². The van der Waals surface area contributed by atoms with Gasteiger partial charge in [-0.2, -0.15) is 0 Å². The van der Waals surface area contributed by atoms with Gasteiger partial charge >= 0.3 is 0 Å². The smallest absolute Gasteiger partial charge is 0.0158 e. The van der Waals surface area contributed by atoms with Crippen molar-refractivity contribution in [2.75, 3.05) is 0 Å². The third kappa shape index (κ3) is 3.72. The summed E-state index contributed by atoms with van der Waals surface area (Å²) in [6.45, 7) is 15.4. The monoisotopic (exact) mass is 204 g/mol. The van der Waals surface area contributed by atoms with E-state index in [2.05, 4.69) is 28.6 Å². The molecule has 0 saturated heterocycles. The lowest BCUT2D eigenvalue weighted by atomic mass is 10.0. The Bertz CT molecular complexity index is 327. The van der Waals surface area contributed by atoms with Gasteiger partial charge in [-0.15, -0.1) is 8.86 Å². The first kappa shape index (κ1) is 12.9. The number of hydrogen-bond acceptors (Lipinski definition) is 0. The molecule has 0 N–H and O–H groups in total. The molecule has 0 aromatic rings. The van der Waals surface area contributed by atoms with Crippen molar-refractivity contribution < 1.29 is 0 Å². The molecule has 0 nitrogen and oxygen atoms in total. The summed E-state index contributed by atoms with van der Waals surface area (Å²) in [6.07, 6.45) is 7.36. The fourth-order valence-electron chi connectivity index (χ4n) is 1.07. The highest BCUT2D eigenvalue weighted by atomic mass is 31.0. The zero-order valence-electron chi connectivity index (χ0n) is 8.93. The van der Waals surface area contributed by atoms with Crippen LogP contribution in [0.1, 0.15) is 13.8 Å². The second-order valence-electron chi connectivity index (χ2n) is 2.99. The highest BCUT2D eigenvalue weighted by Gasteiger charge is 2.01. The molecular formula is C13H17P. The Kier molecular flexibility index (Phi) is 5.83. The van der Waals surface area contributed by atoms with Gasteiger partial charge in [-0.1, -0.05) is 44.0 Å². The van der Waals surface area contributed by atoms with Gasteiger partial charge in [-0.05, 0) is 35.9 Å². The largest absolute Gasteiger partial charge is 0.118 e. The lowest BCUT2D eigenvalue weighted by Gasteiger charge is -2.07. The van der Waals surface area contributed by atoms with Crippen LogP contribution in [0.2, 0.25) is 0 Å². The maximum atomic E-state index is 3.97. The third-order valence-corrected chi connectivity index (χ3v) is 2.20. The second kappa shape index (κ2) is 6.34. The minimum absolute atomic E-state index is 0.970. The van der Waals surface area contributed by atoms with Crippen LogP contribution in [-0.4, -0.2) is 5.29 Å². The number of rotatable bonds is 5. The van der Waals surface area contributed by atoms with E-state index in [1.54, 1.807) is 6.08 Å². The fraction of sp³-hybridized carbons (Fsp3) is 0.154. The predicted octanol–water partition coefficient (Wildman–Crippen LogP) is 4.12. The van der Waals surface area contributed by atoms with E-state index in [1.807, 2.05) is 32.1 Å². The standard InChI is InChI=1S/C13H17P/c1-6-8-9-10(3)11(4)13(7-2)12(5)14/h6-9,14H,1-3H2,4-5H3/b9-8-,13-11+. The minimum Gasteiger partial charge on any atom is -0.118 e. The van der Waals surface area contributed by atoms with E-state index in [4.69, 9.17) is 0 Å². The maximum absolute atomic E-state index is 3.97. The quantitative estimate of drug-likeness (QED) is 0.466. The first-order valence-electron chi connectivity index (χ1n) is 4.41. The molecular weight excluding hydrogens is 187 g/mol. The van der Waals surface area contributed by atoms with E-state index in [0.29, 0.717) is 0 Å². The van der Waals surface area contributed by atoms with Crippen LogP contribution in [0.4, 0.5) is 0 Å². The Morgan fingerprint density at radius 2 is 1.79 bits per heavy atom. The molecule has 74 valence electrons. The van der Waals surface area contributed by atoms with Crippen molar-refractivity contribution in [1.29, 1.82) is 0 Å². The molecule has 0 amide bonds. The van der Waals surface area contributed by atoms with Crippen LogP contribution in [0.5, 0.6) is 0 Å². The summed E-state index contributed by atoms with van der Waals surface area (Å²) in [7, 11) is 3.49. The molecule has 0 bridgehead atoms. The molecule has 0 aromatic heterocycles. The summed E-state index contributed by atoms with van der Waals surface area (Å²) in [5.41, 5.74) is 3.17. The van der Waals surface area contributed by atoms with E-state index in [1.165, 1.54) is 0 Å². The molecule has 0 rings (SSSR count). The Morgan fingerprint density at radius 1 is 1.21 bits per heavy atom. The SMILES string of the molecule is C=C/C=C\C(=C)/C(C)=C(\C=C)C(C)=P. The van der Waals surface area contributed by atoms with E-state index >= 15 is 0 Å². The summed E-state index contributed by atoms with van der Waals surface area (Å²) < 4.78 is 0. The molecule has 0 atom stereocenters. The van der Waals surface area contributed by atoms with Gasteiger partial charge in [0.2, 0.25) is 0 Å². The summed E-state index contributed by atoms with van der Waals surface area (Å²) in [6, 6.07) is 0. The predicted molar refractivity (Wildman–Crippen MR) is 70.4 cm³/mol. The van der Waals surface area contributed by atoms with Crippen molar-refractivity contribution in [2.45, 2.75) is 13.8 Å². The van der Waals surface area contributed by atoms with Crippen molar-refractivity contribution >= 4 is 14.2 Å². The van der Waals surface area contributed by atoms with Gasteiger partial charge in [0.25, 0.3) is 0 Å². The number of hydrogen-bond donors (Lipinski definition) is 0. The Hall–Kier alpha value is -1.13. The average Bonchev–Trinajstić information content (AvgIpc) is 2.14. The Morgan fingerprint density at radius 3 is 2.14 bits per heavy atom. The second-order valence-corrected chi connectivity index (χ2v) is 3.74. The molecule has 0 spiro atoms. The van der Waals surface area contributed by atoms with Crippen molar-refractivity contribution in [3.05, 3.63) is 60.8 Å². The molecule has 0 saturated carbocycles. The molecule has 0 aliphatic carbocycles. The average molecular weight is 204 g/mol. The van der Waals surface area contributed by atoms with E-state index < -0.39 is 0 Å². The molecule has 0 radical (unpaired) electrons. The maximum Gasteiger partial charge on any atom is -0.0158 e. The van der Waals surface area contributed by atoms with Crippen LogP contribution in [0.3, 0.4) is 0 Å². The molecule has 14 heavy (non-hydrogen) atoms. The third-order valence-electron chi connectivity index (χ3n) is 1.93. The summed E-state index contributed by atoms with van der Waals surface area (Å²) in [5, 5.41) is 1.06. The van der Waals surface area contributed by atoms with Crippen molar-refractivity contribution in [3.63, 3.8) is 0 Å². The van der Waals surface area contributed by atoms with Crippen molar-refractivity contribution in [3.8, 4) is 0 Å². The number of allylic oxidation sites excluding steroid dienone is 7. The molecule has 0 aliphatic rings. The highest BCUT2D eigenvalue weighted by Crippen LogP contribution is 2.16. The van der Waals surface area contributed by atoms with Crippen LogP contribution in [0.15, 0.2) is 60.8 Å². The van der Waals surface area contributed by atoms with Gasteiger partial charge in [0.05, 0.1) is 0 Å². The van der Waals surface area contributed by atoms with Crippen LogP contribution in [-0.2, 0) is 0 Å².